The van der Waals surface area contributed by atoms with E-state index < -0.39 is 5.97 Å². The number of nitrogens with zero attached hydrogens (tertiary/aromatic N) is 1. The highest BCUT2D eigenvalue weighted by molar-refractivity contribution is 5.74. The third-order valence-electron chi connectivity index (χ3n) is 3.53. The molecule has 0 saturated heterocycles. The van der Waals surface area contributed by atoms with E-state index in [1.165, 1.54) is 12.0 Å². The van der Waals surface area contributed by atoms with Crippen LogP contribution in [0, 0.1) is 0 Å². The lowest BCUT2D eigenvalue weighted by molar-refractivity contribution is -0.137. The molecule has 0 saturated carbocycles. The van der Waals surface area contributed by atoms with Crippen molar-refractivity contribution in [3.05, 3.63) is 11.6 Å². The van der Waals surface area contributed by atoms with Gasteiger partial charge in [-0.15, -0.1) is 0 Å². The Balaban J connectivity index is 2.29. The third-order valence-corrected chi connectivity index (χ3v) is 3.53. The van der Waals surface area contributed by atoms with E-state index in [0.29, 0.717) is 19.5 Å². The molecule has 0 fully saturated rings. The summed E-state index contributed by atoms with van der Waals surface area (Å²) >= 11 is 0. The third kappa shape index (κ3) is 6.08. The first-order chi connectivity index (χ1) is 9.50. The van der Waals surface area contributed by atoms with Crippen LogP contribution in [-0.4, -0.2) is 41.1 Å². The fourth-order valence-electron chi connectivity index (χ4n) is 2.39. The molecule has 0 heterocycles. The van der Waals surface area contributed by atoms with E-state index in [1.807, 2.05) is 13.8 Å². The first-order valence-electron chi connectivity index (χ1n) is 7.45. The minimum atomic E-state index is -0.817. The van der Waals surface area contributed by atoms with E-state index in [1.54, 1.807) is 4.90 Å². The van der Waals surface area contributed by atoms with E-state index in [9.17, 15) is 9.59 Å². The highest BCUT2D eigenvalue weighted by Gasteiger charge is 2.16. The van der Waals surface area contributed by atoms with Crippen molar-refractivity contribution < 1.29 is 14.7 Å². The molecule has 2 amide bonds. The highest BCUT2D eigenvalue weighted by atomic mass is 16.4. The quantitative estimate of drug-likeness (QED) is 0.673. The lowest BCUT2D eigenvalue weighted by atomic mass is 10.2. The molecule has 1 aliphatic carbocycles. The van der Waals surface area contributed by atoms with Gasteiger partial charge >= 0.3 is 12.0 Å². The van der Waals surface area contributed by atoms with Crippen LogP contribution in [0.2, 0.25) is 0 Å². The number of carbonyl (C=O) groups is 2. The van der Waals surface area contributed by atoms with Gasteiger partial charge in [-0.1, -0.05) is 11.6 Å². The van der Waals surface area contributed by atoms with Crippen molar-refractivity contribution in [2.24, 2.45) is 0 Å². The van der Waals surface area contributed by atoms with Gasteiger partial charge in [0.05, 0.1) is 0 Å². The maximum Gasteiger partial charge on any atom is 0.317 e. The number of carbonyl (C=O) groups excluding carboxylic acids is 1. The Kier molecular flexibility index (Phi) is 7.12. The van der Waals surface area contributed by atoms with Crippen molar-refractivity contribution >= 4 is 12.0 Å². The monoisotopic (exact) mass is 282 g/mol. The number of aliphatic carboxylic acids is 1. The molecule has 0 aliphatic heterocycles. The SMILES string of the molecule is CC(C)N(CCCC(=O)O)C(=O)NCCC1=CCCC1. The van der Waals surface area contributed by atoms with E-state index in [-0.39, 0.29) is 18.5 Å². The van der Waals surface area contributed by atoms with Crippen molar-refractivity contribution in [1.29, 1.82) is 0 Å². The fourth-order valence-corrected chi connectivity index (χ4v) is 2.39. The molecule has 0 aromatic rings. The Labute approximate surface area is 121 Å². The van der Waals surface area contributed by atoms with Gasteiger partial charge < -0.3 is 15.3 Å². The molecular weight excluding hydrogens is 256 g/mol. The van der Waals surface area contributed by atoms with Gasteiger partial charge in [-0.25, -0.2) is 4.79 Å². The van der Waals surface area contributed by atoms with E-state index in [4.69, 9.17) is 5.11 Å². The summed E-state index contributed by atoms with van der Waals surface area (Å²) in [6.45, 7) is 5.03. The predicted molar refractivity (Wildman–Crippen MR) is 78.7 cm³/mol. The summed E-state index contributed by atoms with van der Waals surface area (Å²) in [5.74, 6) is -0.817. The Morgan fingerprint density at radius 2 is 2.20 bits per heavy atom. The minimum absolute atomic E-state index is 0.0782. The Hall–Kier alpha value is -1.52. The topological polar surface area (TPSA) is 69.6 Å². The van der Waals surface area contributed by atoms with Crippen molar-refractivity contribution in [2.45, 2.75) is 58.4 Å². The van der Waals surface area contributed by atoms with Crippen molar-refractivity contribution in [3.63, 3.8) is 0 Å². The van der Waals surface area contributed by atoms with Gasteiger partial charge in [0.25, 0.3) is 0 Å². The zero-order chi connectivity index (χ0) is 15.0. The van der Waals surface area contributed by atoms with Crippen LogP contribution >= 0.6 is 0 Å². The second-order valence-electron chi connectivity index (χ2n) is 5.52. The smallest absolute Gasteiger partial charge is 0.317 e. The number of nitrogens with one attached hydrogen (secondary N) is 1. The molecule has 1 rings (SSSR count). The first kappa shape index (κ1) is 16.5. The number of hydrogen-bond acceptors (Lipinski definition) is 2. The summed E-state index contributed by atoms with van der Waals surface area (Å²) in [6.07, 6.45) is 7.33. The number of allylic oxidation sites excluding steroid dienone is 1. The number of carboxylic acid groups (broad SMARTS) is 1. The van der Waals surface area contributed by atoms with Gasteiger partial charge in [-0.05, 0) is 46.0 Å². The highest BCUT2D eigenvalue weighted by Crippen LogP contribution is 2.19. The standard InChI is InChI=1S/C15H26N2O3/c1-12(2)17(11-5-8-14(18)19)15(20)16-10-9-13-6-3-4-7-13/h6,12H,3-5,7-11H2,1-2H3,(H,16,20)(H,18,19). The summed E-state index contributed by atoms with van der Waals surface area (Å²) in [5.41, 5.74) is 1.44. The summed E-state index contributed by atoms with van der Waals surface area (Å²) in [4.78, 5) is 24.3. The molecule has 20 heavy (non-hydrogen) atoms. The zero-order valence-electron chi connectivity index (χ0n) is 12.5. The average molecular weight is 282 g/mol. The fraction of sp³-hybridized carbons (Fsp3) is 0.733. The molecule has 0 spiro atoms. The lowest BCUT2D eigenvalue weighted by Gasteiger charge is -2.26. The van der Waals surface area contributed by atoms with Crippen LogP contribution in [0.3, 0.4) is 0 Å². The maximum absolute atomic E-state index is 12.1. The summed E-state index contributed by atoms with van der Waals surface area (Å²) in [7, 11) is 0. The average Bonchev–Trinajstić information content (AvgIpc) is 2.86. The molecule has 0 aromatic heterocycles. The molecule has 0 unspecified atom stereocenters. The minimum Gasteiger partial charge on any atom is -0.481 e. The molecule has 114 valence electrons. The number of rotatable bonds is 8. The van der Waals surface area contributed by atoms with Crippen LogP contribution in [0.15, 0.2) is 11.6 Å². The predicted octanol–water partition coefficient (Wildman–Crippen LogP) is 2.77. The summed E-state index contributed by atoms with van der Waals surface area (Å²) in [5, 5.41) is 11.6. The van der Waals surface area contributed by atoms with E-state index >= 15 is 0 Å². The van der Waals surface area contributed by atoms with Crippen LogP contribution in [0.5, 0.6) is 0 Å². The van der Waals surface area contributed by atoms with Gasteiger partial charge in [0.2, 0.25) is 0 Å². The van der Waals surface area contributed by atoms with Crippen molar-refractivity contribution in [3.8, 4) is 0 Å². The largest absolute Gasteiger partial charge is 0.481 e. The van der Waals surface area contributed by atoms with Gasteiger partial charge in [0.1, 0.15) is 0 Å². The molecule has 2 N–H and O–H groups in total. The van der Waals surface area contributed by atoms with Crippen LogP contribution in [0.1, 0.15) is 52.4 Å². The number of carboxylic acids is 1. The molecule has 0 aromatic carbocycles. The molecule has 5 heteroatoms. The van der Waals surface area contributed by atoms with E-state index in [0.717, 1.165) is 19.3 Å². The van der Waals surface area contributed by atoms with Crippen molar-refractivity contribution in [2.75, 3.05) is 13.1 Å². The molecule has 0 bridgehead atoms. The summed E-state index contributed by atoms with van der Waals surface area (Å²) in [6, 6.07) is -0.0153. The zero-order valence-corrected chi connectivity index (χ0v) is 12.5. The van der Waals surface area contributed by atoms with Gasteiger partial charge in [-0.3, -0.25) is 4.79 Å². The summed E-state index contributed by atoms with van der Waals surface area (Å²) < 4.78 is 0. The molecule has 1 aliphatic rings. The van der Waals surface area contributed by atoms with Crippen LogP contribution in [0.4, 0.5) is 4.79 Å². The maximum atomic E-state index is 12.1. The second kappa shape index (κ2) is 8.61. The van der Waals surface area contributed by atoms with Crippen molar-refractivity contribution in [1.82, 2.24) is 10.2 Å². The van der Waals surface area contributed by atoms with Gasteiger partial charge in [0, 0.05) is 25.6 Å². The number of urea groups is 1. The molecular formula is C15H26N2O3. The van der Waals surface area contributed by atoms with Crippen LogP contribution < -0.4 is 5.32 Å². The molecule has 0 atom stereocenters. The first-order valence-corrected chi connectivity index (χ1v) is 7.45. The lowest BCUT2D eigenvalue weighted by Crippen LogP contribution is -2.44. The Morgan fingerprint density at radius 1 is 1.45 bits per heavy atom. The van der Waals surface area contributed by atoms with Gasteiger partial charge in [0.15, 0.2) is 0 Å². The molecule has 0 radical (unpaired) electrons. The molecule has 5 nitrogen and oxygen atoms in total. The van der Waals surface area contributed by atoms with Crippen LogP contribution in [-0.2, 0) is 4.79 Å². The Morgan fingerprint density at radius 3 is 2.75 bits per heavy atom. The Bertz CT molecular complexity index is 364. The number of hydrogen-bond donors (Lipinski definition) is 2. The van der Waals surface area contributed by atoms with Gasteiger partial charge in [-0.2, -0.15) is 0 Å². The number of amides is 2. The normalized spacial score (nSPS) is 14.2. The second-order valence-corrected chi connectivity index (χ2v) is 5.52. The van der Waals surface area contributed by atoms with E-state index in [2.05, 4.69) is 11.4 Å². The van der Waals surface area contributed by atoms with Crippen LogP contribution in [0.25, 0.3) is 0 Å².